The van der Waals surface area contributed by atoms with Gasteiger partial charge in [0.05, 0.1) is 0 Å². The number of carbonyl (C=O) groups excluding carboxylic acids is 1. The molecule has 1 aromatic heterocycles. The van der Waals surface area contributed by atoms with Crippen LogP contribution in [0.1, 0.15) is 25.3 Å². The third-order valence-electron chi connectivity index (χ3n) is 5.39. The Labute approximate surface area is 156 Å². The van der Waals surface area contributed by atoms with Gasteiger partial charge in [-0.25, -0.2) is 0 Å². The number of carbonyl (C=O) groups is 1. The number of nitrogens with zero attached hydrogens (tertiary/aromatic N) is 4. The molecule has 1 atom stereocenters. The van der Waals surface area contributed by atoms with Gasteiger partial charge in [-0.15, -0.1) is 0 Å². The molecule has 0 radical (unpaired) electrons. The van der Waals surface area contributed by atoms with E-state index in [9.17, 15) is 14.9 Å². The molecule has 1 aliphatic rings. The Morgan fingerprint density at radius 1 is 1.15 bits per heavy atom. The fourth-order valence-corrected chi connectivity index (χ4v) is 3.75. The molecule has 0 bridgehead atoms. The van der Waals surface area contributed by atoms with Crippen LogP contribution >= 0.6 is 0 Å². The SMILES string of the molecule is CC(C(=O)N1CCCC1)(c1ccc2ccccc2c1)n1cnc([N+](=O)[O-])c1. The summed E-state index contributed by atoms with van der Waals surface area (Å²) in [5.74, 6) is -0.334. The maximum Gasteiger partial charge on any atom is 0.381 e. The summed E-state index contributed by atoms with van der Waals surface area (Å²) in [6, 6.07) is 13.8. The van der Waals surface area contributed by atoms with Crippen molar-refractivity contribution in [3.05, 3.63) is 70.7 Å². The van der Waals surface area contributed by atoms with Crippen molar-refractivity contribution in [3.63, 3.8) is 0 Å². The number of rotatable bonds is 4. The summed E-state index contributed by atoms with van der Waals surface area (Å²) in [5.41, 5.74) is -0.319. The molecular weight excluding hydrogens is 344 g/mol. The highest BCUT2D eigenvalue weighted by Crippen LogP contribution is 2.33. The van der Waals surface area contributed by atoms with Crippen LogP contribution in [0.15, 0.2) is 55.0 Å². The van der Waals surface area contributed by atoms with Gasteiger partial charge < -0.3 is 15.0 Å². The molecule has 0 aliphatic carbocycles. The van der Waals surface area contributed by atoms with Crippen molar-refractivity contribution in [2.24, 2.45) is 0 Å². The molecule has 4 rings (SSSR count). The first kappa shape index (κ1) is 17.2. The van der Waals surface area contributed by atoms with Crippen LogP contribution in [0, 0.1) is 10.1 Å². The number of aromatic nitrogens is 2. The zero-order chi connectivity index (χ0) is 19.0. The van der Waals surface area contributed by atoms with E-state index in [0.717, 1.165) is 29.2 Å². The van der Waals surface area contributed by atoms with Crippen molar-refractivity contribution in [2.75, 3.05) is 13.1 Å². The third-order valence-corrected chi connectivity index (χ3v) is 5.39. The molecule has 7 nitrogen and oxygen atoms in total. The largest absolute Gasteiger partial charge is 0.381 e. The lowest BCUT2D eigenvalue weighted by Crippen LogP contribution is -2.48. The smallest absolute Gasteiger partial charge is 0.358 e. The van der Waals surface area contributed by atoms with Gasteiger partial charge in [0.1, 0.15) is 11.7 Å². The molecule has 0 saturated carbocycles. The molecular formula is C20H20N4O3. The van der Waals surface area contributed by atoms with Crippen LogP contribution in [0.5, 0.6) is 0 Å². The molecule has 0 spiro atoms. The average molecular weight is 364 g/mol. The zero-order valence-electron chi connectivity index (χ0n) is 15.0. The summed E-state index contributed by atoms with van der Waals surface area (Å²) in [4.78, 5) is 29.8. The van der Waals surface area contributed by atoms with Crippen LogP contribution in [0.2, 0.25) is 0 Å². The van der Waals surface area contributed by atoms with Crippen LogP contribution in [0.25, 0.3) is 10.8 Å². The summed E-state index contributed by atoms with van der Waals surface area (Å²) in [7, 11) is 0. The Hall–Kier alpha value is -3.22. The van der Waals surface area contributed by atoms with E-state index in [0.29, 0.717) is 13.1 Å². The second-order valence-electron chi connectivity index (χ2n) is 7.03. The summed E-state index contributed by atoms with van der Waals surface area (Å²) in [6.45, 7) is 3.22. The minimum absolute atomic E-state index is 0.0671. The number of fused-ring (bicyclic) bond motifs is 1. The van der Waals surface area contributed by atoms with E-state index in [1.54, 1.807) is 4.57 Å². The zero-order valence-corrected chi connectivity index (χ0v) is 15.0. The van der Waals surface area contributed by atoms with E-state index < -0.39 is 10.5 Å². The highest BCUT2D eigenvalue weighted by atomic mass is 16.6. The fraction of sp³-hybridized carbons (Fsp3) is 0.300. The van der Waals surface area contributed by atoms with Crippen LogP contribution in [-0.2, 0) is 10.3 Å². The molecule has 7 heteroatoms. The summed E-state index contributed by atoms with van der Waals surface area (Å²) < 4.78 is 1.57. The van der Waals surface area contributed by atoms with Crippen molar-refractivity contribution in [1.82, 2.24) is 14.5 Å². The van der Waals surface area contributed by atoms with Crippen molar-refractivity contribution < 1.29 is 9.72 Å². The van der Waals surface area contributed by atoms with Crippen molar-refractivity contribution in [1.29, 1.82) is 0 Å². The average Bonchev–Trinajstić information content (AvgIpc) is 3.38. The number of hydrogen-bond acceptors (Lipinski definition) is 4. The van der Waals surface area contributed by atoms with Gasteiger partial charge in [0.15, 0.2) is 0 Å². The minimum atomic E-state index is -1.10. The second kappa shape index (κ2) is 6.50. The maximum atomic E-state index is 13.5. The topological polar surface area (TPSA) is 81.3 Å². The lowest BCUT2D eigenvalue weighted by molar-refractivity contribution is -0.389. The van der Waals surface area contributed by atoms with Gasteiger partial charge in [-0.2, -0.15) is 0 Å². The normalized spacial score (nSPS) is 16.4. The highest BCUT2D eigenvalue weighted by molar-refractivity contribution is 5.91. The Bertz CT molecular complexity index is 1020. The van der Waals surface area contributed by atoms with Crippen LogP contribution in [-0.4, -0.2) is 38.4 Å². The Balaban J connectivity index is 1.87. The fourth-order valence-electron chi connectivity index (χ4n) is 3.75. The third kappa shape index (κ3) is 2.85. The summed E-state index contributed by atoms with van der Waals surface area (Å²) in [6.07, 6.45) is 4.66. The number of amides is 1. The van der Waals surface area contributed by atoms with Gasteiger partial charge in [0, 0.05) is 13.1 Å². The molecule has 2 heterocycles. The molecule has 1 aliphatic heterocycles. The number of benzene rings is 2. The van der Waals surface area contributed by atoms with E-state index in [1.807, 2.05) is 54.3 Å². The Morgan fingerprint density at radius 3 is 2.52 bits per heavy atom. The molecule has 27 heavy (non-hydrogen) atoms. The molecule has 138 valence electrons. The van der Waals surface area contributed by atoms with E-state index in [2.05, 4.69) is 4.98 Å². The van der Waals surface area contributed by atoms with E-state index in [-0.39, 0.29) is 11.7 Å². The van der Waals surface area contributed by atoms with Crippen molar-refractivity contribution in [2.45, 2.75) is 25.3 Å². The van der Waals surface area contributed by atoms with Gasteiger partial charge >= 0.3 is 5.82 Å². The summed E-state index contributed by atoms with van der Waals surface area (Å²) >= 11 is 0. The maximum absolute atomic E-state index is 13.5. The van der Waals surface area contributed by atoms with Crippen molar-refractivity contribution >= 4 is 22.5 Å². The van der Waals surface area contributed by atoms with Gasteiger partial charge in [-0.05, 0) is 52.1 Å². The van der Waals surface area contributed by atoms with Crippen LogP contribution < -0.4 is 0 Å². The first-order valence-electron chi connectivity index (χ1n) is 8.97. The lowest BCUT2D eigenvalue weighted by Gasteiger charge is -2.33. The van der Waals surface area contributed by atoms with Crippen LogP contribution in [0.3, 0.4) is 0 Å². The monoisotopic (exact) mass is 364 g/mol. The molecule has 3 aromatic rings. The van der Waals surface area contributed by atoms with Gasteiger partial charge in [-0.1, -0.05) is 36.4 Å². The highest BCUT2D eigenvalue weighted by Gasteiger charge is 2.42. The predicted molar refractivity (Wildman–Crippen MR) is 101 cm³/mol. The minimum Gasteiger partial charge on any atom is -0.358 e. The molecule has 1 fully saturated rings. The van der Waals surface area contributed by atoms with Crippen LogP contribution in [0.4, 0.5) is 5.82 Å². The molecule has 2 aromatic carbocycles. The molecule has 1 saturated heterocycles. The van der Waals surface area contributed by atoms with Gasteiger partial charge in [0.25, 0.3) is 5.91 Å². The van der Waals surface area contributed by atoms with E-state index in [4.69, 9.17) is 0 Å². The quantitative estimate of drug-likeness (QED) is 0.525. The molecule has 1 amide bonds. The Kier molecular flexibility index (Phi) is 4.14. The second-order valence-corrected chi connectivity index (χ2v) is 7.03. The lowest BCUT2D eigenvalue weighted by atomic mass is 9.88. The van der Waals surface area contributed by atoms with Gasteiger partial charge in [-0.3, -0.25) is 9.36 Å². The number of imidazole rings is 1. The van der Waals surface area contributed by atoms with E-state index >= 15 is 0 Å². The predicted octanol–water partition coefficient (Wildman–Crippen LogP) is 3.33. The standard InChI is InChI=1S/C20H20N4O3/c1-20(19(25)22-10-4-5-11-22,23-13-18(21-14-23)24(26)27)17-9-8-15-6-2-3-7-16(15)12-17/h2-3,6-9,12-14H,4-5,10-11H2,1H3. The number of nitro groups is 1. The Morgan fingerprint density at radius 2 is 1.85 bits per heavy atom. The molecule has 1 unspecified atom stereocenters. The summed E-state index contributed by atoms with van der Waals surface area (Å²) in [5, 5.41) is 13.2. The van der Waals surface area contributed by atoms with Crippen molar-refractivity contribution in [3.8, 4) is 0 Å². The van der Waals surface area contributed by atoms with Gasteiger partial charge in [0.2, 0.25) is 6.33 Å². The number of hydrogen-bond donors (Lipinski definition) is 0. The first-order chi connectivity index (χ1) is 13.0. The molecule has 0 N–H and O–H groups in total. The van der Waals surface area contributed by atoms with E-state index in [1.165, 1.54) is 12.5 Å². The number of likely N-dealkylation sites (tertiary alicyclic amines) is 1. The first-order valence-corrected chi connectivity index (χ1v) is 8.97.